The predicted octanol–water partition coefficient (Wildman–Crippen LogP) is 4.06. The first-order valence-electron chi connectivity index (χ1n) is 9.57. The Kier molecular flexibility index (Phi) is 4.91. The zero-order chi connectivity index (χ0) is 17.9. The van der Waals surface area contributed by atoms with Crippen LogP contribution in [0.15, 0.2) is 48.8 Å². The lowest BCUT2D eigenvalue weighted by Gasteiger charge is -2.24. The summed E-state index contributed by atoms with van der Waals surface area (Å²) < 4.78 is 5.50. The molecule has 4 heteroatoms. The number of carbonyl (C=O) groups is 1. The van der Waals surface area contributed by atoms with Gasteiger partial charge < -0.3 is 9.64 Å². The highest BCUT2D eigenvalue weighted by atomic mass is 16.5. The Hall–Kier alpha value is -2.36. The summed E-state index contributed by atoms with van der Waals surface area (Å²) in [4.78, 5) is 19.6. The first kappa shape index (κ1) is 17.1. The SMILES string of the molecule is COc1ccccc1CN(Cc1cccnc1)C(=O)C1[C@H]2CCCC[C@H]12. The lowest BCUT2D eigenvalue weighted by molar-refractivity contribution is -0.134. The molecule has 0 unspecified atom stereocenters. The minimum Gasteiger partial charge on any atom is -0.496 e. The van der Waals surface area contributed by atoms with Crippen molar-refractivity contribution in [2.45, 2.75) is 38.8 Å². The molecule has 1 aromatic carbocycles. The lowest BCUT2D eigenvalue weighted by Crippen LogP contribution is -2.32. The third-order valence-electron chi connectivity index (χ3n) is 5.90. The molecular weight excluding hydrogens is 324 g/mol. The fraction of sp³-hybridized carbons (Fsp3) is 0.455. The van der Waals surface area contributed by atoms with Crippen molar-refractivity contribution in [2.75, 3.05) is 7.11 Å². The van der Waals surface area contributed by atoms with E-state index in [0.29, 0.717) is 30.8 Å². The molecule has 4 rings (SSSR count). The Balaban J connectivity index is 1.56. The molecule has 0 spiro atoms. The average Bonchev–Trinajstić information content (AvgIpc) is 3.42. The number of aromatic nitrogens is 1. The van der Waals surface area contributed by atoms with Crippen molar-refractivity contribution < 1.29 is 9.53 Å². The number of nitrogens with zero attached hydrogens (tertiary/aromatic N) is 2. The summed E-state index contributed by atoms with van der Waals surface area (Å²) in [5, 5.41) is 0. The number of pyridine rings is 1. The van der Waals surface area contributed by atoms with Crippen molar-refractivity contribution in [3.63, 3.8) is 0 Å². The maximum Gasteiger partial charge on any atom is 0.226 e. The van der Waals surface area contributed by atoms with Crippen LogP contribution in [-0.4, -0.2) is 22.9 Å². The molecule has 2 atom stereocenters. The van der Waals surface area contributed by atoms with Crippen LogP contribution in [0.1, 0.15) is 36.8 Å². The molecule has 0 aliphatic heterocycles. The second-order valence-corrected chi connectivity index (χ2v) is 7.51. The van der Waals surface area contributed by atoms with Crippen molar-refractivity contribution in [3.05, 3.63) is 59.9 Å². The smallest absolute Gasteiger partial charge is 0.226 e. The third kappa shape index (κ3) is 3.46. The quantitative estimate of drug-likeness (QED) is 0.789. The molecule has 136 valence electrons. The van der Waals surface area contributed by atoms with E-state index in [1.54, 1.807) is 13.3 Å². The van der Waals surface area contributed by atoms with Gasteiger partial charge in [0.15, 0.2) is 0 Å². The number of methoxy groups -OCH3 is 1. The van der Waals surface area contributed by atoms with Crippen LogP contribution < -0.4 is 4.74 Å². The molecule has 2 fully saturated rings. The van der Waals surface area contributed by atoms with E-state index in [-0.39, 0.29) is 5.92 Å². The van der Waals surface area contributed by atoms with Gasteiger partial charge in [0.1, 0.15) is 5.75 Å². The van der Waals surface area contributed by atoms with Crippen LogP contribution in [0, 0.1) is 17.8 Å². The molecule has 0 radical (unpaired) electrons. The molecule has 2 aliphatic carbocycles. The zero-order valence-electron chi connectivity index (χ0n) is 15.3. The van der Waals surface area contributed by atoms with Crippen LogP contribution in [0.2, 0.25) is 0 Å². The van der Waals surface area contributed by atoms with E-state index in [1.807, 2.05) is 47.5 Å². The Labute approximate surface area is 155 Å². The monoisotopic (exact) mass is 350 g/mol. The standard InChI is InChI=1S/C22H26N2O2/c1-26-20-11-5-2-8-17(20)15-24(14-16-7-6-12-23-13-16)22(25)21-18-9-3-4-10-19(18)21/h2,5-8,11-13,18-19,21H,3-4,9-10,14-15H2,1H3/t18-,19-/m0/s1. The minimum atomic E-state index is 0.226. The molecule has 1 heterocycles. The van der Waals surface area contributed by atoms with Crippen LogP contribution in [0.4, 0.5) is 0 Å². The summed E-state index contributed by atoms with van der Waals surface area (Å²) in [5.41, 5.74) is 2.12. The Morgan fingerprint density at radius 1 is 1.12 bits per heavy atom. The molecule has 1 aromatic heterocycles. The zero-order valence-corrected chi connectivity index (χ0v) is 15.3. The van der Waals surface area contributed by atoms with E-state index in [4.69, 9.17) is 4.74 Å². The van der Waals surface area contributed by atoms with Crippen LogP contribution in [-0.2, 0) is 17.9 Å². The Morgan fingerprint density at radius 2 is 1.88 bits per heavy atom. The number of amides is 1. The van der Waals surface area contributed by atoms with Gasteiger partial charge in [0.05, 0.1) is 7.11 Å². The number of benzene rings is 1. The van der Waals surface area contributed by atoms with Gasteiger partial charge in [-0.1, -0.05) is 37.1 Å². The average molecular weight is 350 g/mol. The van der Waals surface area contributed by atoms with Crippen molar-refractivity contribution in [1.29, 1.82) is 0 Å². The molecular formula is C22H26N2O2. The second kappa shape index (κ2) is 7.48. The fourth-order valence-corrected chi connectivity index (χ4v) is 4.53. The maximum absolute atomic E-state index is 13.3. The predicted molar refractivity (Wildman–Crippen MR) is 100 cm³/mol. The van der Waals surface area contributed by atoms with Gasteiger partial charge in [-0.3, -0.25) is 9.78 Å². The van der Waals surface area contributed by atoms with Gasteiger partial charge in [-0.05, 0) is 42.4 Å². The highest BCUT2D eigenvalue weighted by Gasteiger charge is 2.55. The van der Waals surface area contributed by atoms with Crippen molar-refractivity contribution in [3.8, 4) is 5.75 Å². The van der Waals surface area contributed by atoms with Crippen LogP contribution >= 0.6 is 0 Å². The minimum absolute atomic E-state index is 0.226. The summed E-state index contributed by atoms with van der Waals surface area (Å²) in [6.45, 7) is 1.17. The molecule has 4 nitrogen and oxygen atoms in total. The molecule has 26 heavy (non-hydrogen) atoms. The first-order chi connectivity index (χ1) is 12.8. The van der Waals surface area contributed by atoms with Gasteiger partial charge in [0.2, 0.25) is 5.91 Å². The van der Waals surface area contributed by atoms with Gasteiger partial charge in [0, 0.05) is 37.0 Å². The van der Waals surface area contributed by atoms with Gasteiger partial charge in [-0.15, -0.1) is 0 Å². The number of rotatable bonds is 6. The molecule has 0 saturated heterocycles. The summed E-state index contributed by atoms with van der Waals surface area (Å²) in [6, 6.07) is 11.9. The van der Waals surface area contributed by atoms with E-state index in [0.717, 1.165) is 16.9 Å². The largest absolute Gasteiger partial charge is 0.496 e. The van der Waals surface area contributed by atoms with Gasteiger partial charge in [-0.2, -0.15) is 0 Å². The van der Waals surface area contributed by atoms with E-state index in [1.165, 1.54) is 25.7 Å². The number of ether oxygens (including phenoxy) is 1. The van der Waals surface area contributed by atoms with Crippen LogP contribution in [0.25, 0.3) is 0 Å². The Morgan fingerprint density at radius 3 is 2.58 bits per heavy atom. The summed E-state index contributed by atoms with van der Waals surface area (Å²) in [7, 11) is 1.68. The van der Waals surface area contributed by atoms with Gasteiger partial charge >= 0.3 is 0 Å². The molecule has 2 saturated carbocycles. The number of para-hydroxylation sites is 1. The highest BCUT2D eigenvalue weighted by Crippen LogP contribution is 2.56. The topological polar surface area (TPSA) is 42.4 Å². The van der Waals surface area contributed by atoms with E-state index in [2.05, 4.69) is 4.98 Å². The number of fused-ring (bicyclic) bond motifs is 1. The normalized spacial score (nSPS) is 23.8. The van der Waals surface area contributed by atoms with Crippen LogP contribution in [0.3, 0.4) is 0 Å². The van der Waals surface area contributed by atoms with Crippen LogP contribution in [0.5, 0.6) is 5.75 Å². The van der Waals surface area contributed by atoms with E-state index >= 15 is 0 Å². The number of hydrogen-bond acceptors (Lipinski definition) is 3. The summed E-state index contributed by atoms with van der Waals surface area (Å²) >= 11 is 0. The molecule has 0 N–H and O–H groups in total. The number of hydrogen-bond donors (Lipinski definition) is 0. The fourth-order valence-electron chi connectivity index (χ4n) is 4.53. The summed E-state index contributed by atoms with van der Waals surface area (Å²) in [5.74, 6) is 2.60. The highest BCUT2D eigenvalue weighted by molar-refractivity contribution is 5.82. The van der Waals surface area contributed by atoms with E-state index in [9.17, 15) is 4.79 Å². The van der Waals surface area contributed by atoms with Gasteiger partial charge in [-0.25, -0.2) is 0 Å². The third-order valence-corrected chi connectivity index (χ3v) is 5.90. The molecule has 1 amide bonds. The summed E-state index contributed by atoms with van der Waals surface area (Å²) in [6.07, 6.45) is 8.61. The molecule has 2 aromatic rings. The molecule has 2 aliphatic rings. The van der Waals surface area contributed by atoms with Gasteiger partial charge in [0.25, 0.3) is 0 Å². The lowest BCUT2D eigenvalue weighted by atomic mass is 10.0. The van der Waals surface area contributed by atoms with Crippen molar-refractivity contribution >= 4 is 5.91 Å². The first-order valence-corrected chi connectivity index (χ1v) is 9.57. The second-order valence-electron chi connectivity index (χ2n) is 7.51. The Bertz CT molecular complexity index is 750. The molecule has 0 bridgehead atoms. The van der Waals surface area contributed by atoms with Crippen molar-refractivity contribution in [1.82, 2.24) is 9.88 Å². The maximum atomic E-state index is 13.3. The van der Waals surface area contributed by atoms with E-state index < -0.39 is 0 Å². The number of carbonyl (C=O) groups excluding carboxylic acids is 1. The van der Waals surface area contributed by atoms with Crippen molar-refractivity contribution in [2.24, 2.45) is 17.8 Å².